The second kappa shape index (κ2) is 7.03. The van der Waals surface area contributed by atoms with Crippen LogP contribution >= 0.6 is 11.6 Å². The summed E-state index contributed by atoms with van der Waals surface area (Å²) in [6, 6.07) is 2.03. The van der Waals surface area contributed by atoms with E-state index in [1.165, 1.54) is 5.57 Å². The molecule has 0 amide bonds. The van der Waals surface area contributed by atoms with Gasteiger partial charge in [0.25, 0.3) is 0 Å². The molecule has 0 spiro atoms. The van der Waals surface area contributed by atoms with Gasteiger partial charge in [-0.1, -0.05) is 44.4 Å². The Kier molecular flexibility index (Phi) is 5.94. The van der Waals surface area contributed by atoms with E-state index < -0.39 is 0 Å². The lowest BCUT2D eigenvalue weighted by Crippen LogP contribution is -2.11. The van der Waals surface area contributed by atoms with E-state index in [9.17, 15) is 0 Å². The number of allylic oxidation sites excluding steroid dienone is 2. The molecule has 0 fully saturated rings. The van der Waals surface area contributed by atoms with Crippen molar-refractivity contribution in [1.82, 2.24) is 4.98 Å². The van der Waals surface area contributed by atoms with E-state index in [0.717, 1.165) is 29.7 Å². The summed E-state index contributed by atoms with van der Waals surface area (Å²) in [7, 11) is 1.79. The predicted molar refractivity (Wildman–Crippen MR) is 89.7 cm³/mol. The minimum atomic E-state index is 0.283. The van der Waals surface area contributed by atoms with Crippen molar-refractivity contribution in [2.75, 3.05) is 7.05 Å². The van der Waals surface area contributed by atoms with Crippen LogP contribution in [0.2, 0.25) is 5.02 Å². The molecule has 1 aromatic heterocycles. The summed E-state index contributed by atoms with van der Waals surface area (Å²) < 4.78 is 0. The summed E-state index contributed by atoms with van der Waals surface area (Å²) in [6.45, 7) is 10.9. The van der Waals surface area contributed by atoms with E-state index in [2.05, 4.69) is 37.7 Å². The molecule has 0 N–H and O–H groups in total. The number of halogens is 1. The van der Waals surface area contributed by atoms with Crippen LogP contribution in [0.4, 0.5) is 0 Å². The van der Waals surface area contributed by atoms with Crippen LogP contribution in [0.15, 0.2) is 22.8 Å². The van der Waals surface area contributed by atoms with Crippen LogP contribution in [0.3, 0.4) is 0 Å². The first-order valence-electron chi connectivity index (χ1n) is 7.05. The summed E-state index contributed by atoms with van der Waals surface area (Å²) in [5, 5.41) is 0.680. The van der Waals surface area contributed by atoms with Gasteiger partial charge in [-0.3, -0.25) is 9.98 Å². The second-order valence-corrected chi connectivity index (χ2v) is 6.49. The highest BCUT2D eigenvalue weighted by Gasteiger charge is 2.18. The quantitative estimate of drug-likeness (QED) is 0.672. The number of hydrogen-bond acceptors (Lipinski definition) is 2. The third kappa shape index (κ3) is 4.45. The fraction of sp³-hybridized carbons (Fsp3) is 0.529. The molecule has 0 unspecified atom stereocenters. The fourth-order valence-electron chi connectivity index (χ4n) is 2.23. The Morgan fingerprint density at radius 2 is 2.10 bits per heavy atom. The van der Waals surface area contributed by atoms with Crippen LogP contribution < -0.4 is 0 Å². The summed E-state index contributed by atoms with van der Waals surface area (Å²) in [4.78, 5) is 8.43. The van der Waals surface area contributed by atoms with Gasteiger partial charge in [0, 0.05) is 36.3 Å². The Morgan fingerprint density at radius 3 is 2.65 bits per heavy atom. The standard InChI is InChI=1S/C17H25ClN2/c1-7-17(4,5)9-12(2)15(10-19-6)14-8-13(3)20-11-16(14)18/h8,10-11H,7,9H2,1-6H3/b15-12-,19-10-. The first kappa shape index (κ1) is 16.9. The molecule has 0 saturated carbocycles. The Labute approximate surface area is 128 Å². The minimum Gasteiger partial charge on any atom is -0.296 e. The number of aryl methyl sites for hydroxylation is 1. The Bertz CT molecular complexity index is 528. The molecule has 1 heterocycles. The lowest BCUT2D eigenvalue weighted by atomic mass is 9.81. The van der Waals surface area contributed by atoms with E-state index in [0.29, 0.717) is 5.02 Å². The zero-order valence-corrected chi connectivity index (χ0v) is 14.2. The van der Waals surface area contributed by atoms with Crippen molar-refractivity contribution in [1.29, 1.82) is 0 Å². The van der Waals surface area contributed by atoms with Crippen molar-refractivity contribution >= 4 is 23.4 Å². The molecule has 1 rings (SSSR count). The van der Waals surface area contributed by atoms with Gasteiger partial charge in [-0.05, 0) is 31.7 Å². The van der Waals surface area contributed by atoms with Gasteiger partial charge in [-0.25, -0.2) is 0 Å². The van der Waals surface area contributed by atoms with Crippen molar-refractivity contribution in [3.05, 3.63) is 34.1 Å². The van der Waals surface area contributed by atoms with Gasteiger partial charge in [-0.15, -0.1) is 0 Å². The fourth-order valence-corrected chi connectivity index (χ4v) is 2.43. The molecule has 3 heteroatoms. The highest BCUT2D eigenvalue weighted by atomic mass is 35.5. The molecule has 1 aromatic rings. The van der Waals surface area contributed by atoms with Gasteiger partial charge in [0.15, 0.2) is 0 Å². The van der Waals surface area contributed by atoms with Gasteiger partial charge in [-0.2, -0.15) is 0 Å². The van der Waals surface area contributed by atoms with E-state index in [1.54, 1.807) is 13.2 Å². The molecule has 2 nitrogen and oxygen atoms in total. The number of aliphatic imine (C=N–C) groups is 1. The molecule has 110 valence electrons. The van der Waals surface area contributed by atoms with Crippen molar-refractivity contribution in [3.8, 4) is 0 Å². The number of nitrogens with zero attached hydrogens (tertiary/aromatic N) is 2. The van der Waals surface area contributed by atoms with Crippen molar-refractivity contribution in [2.24, 2.45) is 10.4 Å². The number of aromatic nitrogens is 1. The van der Waals surface area contributed by atoms with E-state index in [1.807, 2.05) is 19.2 Å². The van der Waals surface area contributed by atoms with Crippen LogP contribution in [-0.2, 0) is 0 Å². The molecule has 0 saturated heterocycles. The topological polar surface area (TPSA) is 25.2 Å². The summed E-state index contributed by atoms with van der Waals surface area (Å²) in [6.07, 6.45) is 5.79. The van der Waals surface area contributed by atoms with Crippen molar-refractivity contribution < 1.29 is 0 Å². The molecule has 0 aromatic carbocycles. The molecule has 0 atom stereocenters. The van der Waals surface area contributed by atoms with Gasteiger partial charge < -0.3 is 0 Å². The first-order chi connectivity index (χ1) is 9.30. The highest BCUT2D eigenvalue weighted by Crippen LogP contribution is 2.33. The van der Waals surface area contributed by atoms with E-state index >= 15 is 0 Å². The molecule has 0 radical (unpaired) electrons. The van der Waals surface area contributed by atoms with E-state index in [-0.39, 0.29) is 5.41 Å². The van der Waals surface area contributed by atoms with Crippen LogP contribution in [-0.4, -0.2) is 18.2 Å². The predicted octanol–water partition coefficient (Wildman–Crippen LogP) is 5.34. The Morgan fingerprint density at radius 1 is 1.45 bits per heavy atom. The maximum absolute atomic E-state index is 6.32. The second-order valence-electron chi connectivity index (χ2n) is 6.08. The lowest BCUT2D eigenvalue weighted by molar-refractivity contribution is 0.349. The Balaban J connectivity index is 3.33. The molecular formula is C17H25ClN2. The van der Waals surface area contributed by atoms with Gasteiger partial charge in [0.05, 0.1) is 5.02 Å². The average molecular weight is 293 g/mol. The monoisotopic (exact) mass is 292 g/mol. The van der Waals surface area contributed by atoms with Crippen molar-refractivity contribution in [3.63, 3.8) is 0 Å². The van der Waals surface area contributed by atoms with Crippen LogP contribution in [0.5, 0.6) is 0 Å². The molecule has 0 aliphatic rings. The molecule has 0 aliphatic carbocycles. The summed E-state index contributed by atoms with van der Waals surface area (Å²) in [5.41, 5.74) is 4.70. The smallest absolute Gasteiger partial charge is 0.0668 e. The SMILES string of the molecule is CCC(C)(C)C/C(C)=C(/C=N\C)c1cc(C)ncc1Cl. The zero-order chi connectivity index (χ0) is 15.3. The van der Waals surface area contributed by atoms with Gasteiger partial charge >= 0.3 is 0 Å². The number of hydrogen-bond donors (Lipinski definition) is 0. The minimum absolute atomic E-state index is 0.283. The molecule has 0 bridgehead atoms. The summed E-state index contributed by atoms with van der Waals surface area (Å²) in [5.74, 6) is 0. The normalized spacial score (nSPS) is 13.8. The van der Waals surface area contributed by atoms with Gasteiger partial charge in [0.1, 0.15) is 0 Å². The molecule has 20 heavy (non-hydrogen) atoms. The third-order valence-electron chi connectivity index (χ3n) is 3.70. The largest absolute Gasteiger partial charge is 0.296 e. The molecular weight excluding hydrogens is 268 g/mol. The maximum atomic E-state index is 6.32. The first-order valence-corrected chi connectivity index (χ1v) is 7.43. The summed E-state index contributed by atoms with van der Waals surface area (Å²) >= 11 is 6.32. The zero-order valence-electron chi connectivity index (χ0n) is 13.4. The van der Waals surface area contributed by atoms with Crippen LogP contribution in [0.25, 0.3) is 5.57 Å². The Hall–Kier alpha value is -1.15. The molecule has 0 aliphatic heterocycles. The third-order valence-corrected chi connectivity index (χ3v) is 4.00. The number of pyridine rings is 1. The number of rotatable bonds is 5. The van der Waals surface area contributed by atoms with Crippen LogP contribution in [0.1, 0.15) is 51.8 Å². The maximum Gasteiger partial charge on any atom is 0.0668 e. The highest BCUT2D eigenvalue weighted by molar-refractivity contribution is 6.33. The van der Waals surface area contributed by atoms with Crippen LogP contribution in [0, 0.1) is 12.3 Å². The lowest BCUT2D eigenvalue weighted by Gasteiger charge is -2.24. The van der Waals surface area contributed by atoms with E-state index in [4.69, 9.17) is 11.6 Å². The van der Waals surface area contributed by atoms with Crippen molar-refractivity contribution in [2.45, 2.75) is 47.5 Å². The van der Waals surface area contributed by atoms with Gasteiger partial charge in [0.2, 0.25) is 0 Å². The average Bonchev–Trinajstić information content (AvgIpc) is 2.38.